The van der Waals surface area contributed by atoms with Gasteiger partial charge in [-0.25, -0.2) is 18.2 Å². The fraction of sp³-hybridized carbons (Fsp3) is 0.500. The lowest BCUT2D eigenvalue weighted by atomic mass is 9.86. The van der Waals surface area contributed by atoms with Crippen molar-refractivity contribution in [2.75, 3.05) is 13.2 Å². The van der Waals surface area contributed by atoms with Crippen LogP contribution in [-0.2, 0) is 0 Å². The van der Waals surface area contributed by atoms with E-state index in [1.807, 2.05) is 0 Å². The number of aromatic nitrogens is 1. The number of alkyl halides is 2. The summed E-state index contributed by atoms with van der Waals surface area (Å²) in [5, 5.41) is 0.0420. The summed E-state index contributed by atoms with van der Waals surface area (Å²) in [4.78, 5) is 3.98. The van der Waals surface area contributed by atoms with Crippen molar-refractivity contribution in [2.45, 2.75) is 25.7 Å². The minimum Gasteiger partial charge on any atom is -0.490 e. The van der Waals surface area contributed by atoms with Crippen molar-refractivity contribution in [2.24, 2.45) is 5.92 Å². The van der Waals surface area contributed by atoms with Gasteiger partial charge < -0.3 is 9.47 Å². The fourth-order valence-electron chi connectivity index (χ4n) is 2.10. The molecule has 3 nitrogen and oxygen atoms in total. The van der Waals surface area contributed by atoms with Crippen LogP contribution in [0.25, 0.3) is 10.2 Å². The molecule has 2 aromatic rings. The molecule has 1 aliphatic carbocycles. The van der Waals surface area contributed by atoms with E-state index >= 15 is 0 Å². The highest BCUT2D eigenvalue weighted by Crippen LogP contribution is 2.35. The summed E-state index contributed by atoms with van der Waals surface area (Å²) < 4.78 is 49.1. The predicted molar refractivity (Wildman–Crippen MR) is 73.9 cm³/mol. The third kappa shape index (κ3) is 3.23. The van der Waals surface area contributed by atoms with E-state index < -0.39 is 18.8 Å². The van der Waals surface area contributed by atoms with Crippen molar-refractivity contribution in [1.82, 2.24) is 4.98 Å². The van der Waals surface area contributed by atoms with E-state index in [1.54, 1.807) is 6.07 Å². The van der Waals surface area contributed by atoms with E-state index in [0.717, 1.165) is 24.2 Å². The van der Waals surface area contributed by atoms with Crippen LogP contribution in [0.15, 0.2) is 12.1 Å². The molecular formula is C14H14F3NO2S. The molecule has 1 aromatic heterocycles. The Labute approximate surface area is 123 Å². The van der Waals surface area contributed by atoms with Crippen LogP contribution in [0.2, 0.25) is 0 Å². The first-order chi connectivity index (χ1) is 10.1. The summed E-state index contributed by atoms with van der Waals surface area (Å²) in [5.74, 6) is 0.182. The van der Waals surface area contributed by atoms with Gasteiger partial charge >= 0.3 is 0 Å². The number of benzene rings is 1. The molecule has 1 aliphatic rings. The maximum atomic E-state index is 14.3. The fourth-order valence-corrected chi connectivity index (χ4v) is 2.95. The molecule has 0 radical (unpaired) electrons. The van der Waals surface area contributed by atoms with Crippen LogP contribution in [0.3, 0.4) is 0 Å². The number of ether oxygens (including phenoxy) is 2. The molecule has 0 bridgehead atoms. The minimum atomic E-state index is -2.58. The van der Waals surface area contributed by atoms with Crippen LogP contribution in [0.5, 0.6) is 10.9 Å². The Bertz CT molecular complexity index is 628. The monoisotopic (exact) mass is 317 g/mol. The molecule has 0 amide bonds. The summed E-state index contributed by atoms with van der Waals surface area (Å²) in [7, 11) is 0. The highest BCUT2D eigenvalue weighted by Gasteiger charge is 2.20. The molecule has 0 unspecified atom stereocenters. The van der Waals surface area contributed by atoms with Crippen molar-refractivity contribution in [1.29, 1.82) is 0 Å². The smallest absolute Gasteiger partial charge is 0.274 e. The molecular weight excluding hydrogens is 303 g/mol. The normalized spacial score (nSPS) is 15.4. The zero-order valence-corrected chi connectivity index (χ0v) is 12.0. The maximum absolute atomic E-state index is 14.3. The van der Waals surface area contributed by atoms with Crippen molar-refractivity contribution in [3.05, 3.63) is 17.9 Å². The van der Waals surface area contributed by atoms with E-state index in [4.69, 9.17) is 9.47 Å². The van der Waals surface area contributed by atoms with Crippen molar-refractivity contribution in [3.63, 3.8) is 0 Å². The van der Waals surface area contributed by atoms with Crippen LogP contribution in [0, 0.1) is 11.7 Å². The van der Waals surface area contributed by atoms with Crippen molar-refractivity contribution >= 4 is 21.6 Å². The topological polar surface area (TPSA) is 31.4 Å². The average Bonchev–Trinajstić information content (AvgIpc) is 2.81. The highest BCUT2D eigenvalue weighted by atomic mass is 32.1. The number of halogens is 3. The first-order valence-electron chi connectivity index (χ1n) is 6.76. The lowest BCUT2D eigenvalue weighted by Crippen LogP contribution is -2.19. The van der Waals surface area contributed by atoms with Crippen LogP contribution >= 0.6 is 11.3 Å². The molecule has 21 heavy (non-hydrogen) atoms. The Morgan fingerprint density at radius 1 is 1.29 bits per heavy atom. The number of nitrogens with zero attached hydrogens (tertiary/aromatic N) is 1. The van der Waals surface area contributed by atoms with Crippen molar-refractivity contribution < 1.29 is 22.6 Å². The molecule has 114 valence electrons. The number of hydrogen-bond donors (Lipinski definition) is 0. The first-order valence-corrected chi connectivity index (χ1v) is 7.58. The third-order valence-electron chi connectivity index (χ3n) is 3.47. The second kappa shape index (κ2) is 6.09. The van der Waals surface area contributed by atoms with E-state index in [9.17, 15) is 13.2 Å². The molecule has 7 heteroatoms. The van der Waals surface area contributed by atoms with Crippen LogP contribution in [0.4, 0.5) is 13.2 Å². The van der Waals surface area contributed by atoms with Gasteiger partial charge in [0.15, 0.2) is 18.2 Å². The Hall–Kier alpha value is -1.50. The van der Waals surface area contributed by atoms with E-state index in [0.29, 0.717) is 18.0 Å². The zero-order valence-electron chi connectivity index (χ0n) is 11.2. The van der Waals surface area contributed by atoms with E-state index in [-0.39, 0.29) is 15.6 Å². The zero-order chi connectivity index (χ0) is 14.8. The number of thiazole rings is 1. The Morgan fingerprint density at radius 2 is 2.10 bits per heavy atom. The van der Waals surface area contributed by atoms with E-state index in [1.165, 1.54) is 12.5 Å². The second-order valence-corrected chi connectivity index (χ2v) is 5.98. The Balaban J connectivity index is 1.75. The van der Waals surface area contributed by atoms with Crippen molar-refractivity contribution in [3.8, 4) is 10.9 Å². The molecule has 0 N–H and O–H groups in total. The third-order valence-corrected chi connectivity index (χ3v) is 4.45. The van der Waals surface area contributed by atoms with Crippen LogP contribution in [-0.4, -0.2) is 24.6 Å². The summed E-state index contributed by atoms with van der Waals surface area (Å²) >= 11 is 0.912. The standard InChI is InChI=1S/C14H14F3NO2S/c15-11(16)7-20-14-18-9-4-5-10(12(17)13(9)21-14)19-6-8-2-1-3-8/h4-5,8,11H,1-3,6-7H2. The van der Waals surface area contributed by atoms with Gasteiger partial charge in [-0.05, 0) is 30.9 Å². The summed E-state index contributed by atoms with van der Waals surface area (Å²) in [6.45, 7) is -0.234. The van der Waals surface area contributed by atoms with Gasteiger partial charge in [0.2, 0.25) is 0 Å². The molecule has 0 saturated heterocycles. The quantitative estimate of drug-likeness (QED) is 0.798. The Kier molecular flexibility index (Phi) is 4.19. The summed E-state index contributed by atoms with van der Waals surface area (Å²) in [6, 6.07) is 3.13. The van der Waals surface area contributed by atoms with Gasteiger partial charge in [-0.3, -0.25) is 0 Å². The van der Waals surface area contributed by atoms with Gasteiger partial charge in [-0.2, -0.15) is 0 Å². The largest absolute Gasteiger partial charge is 0.490 e. The number of rotatable bonds is 6. The molecule has 0 spiro atoms. The van der Waals surface area contributed by atoms with Gasteiger partial charge in [0.25, 0.3) is 11.6 Å². The molecule has 0 atom stereocenters. The number of hydrogen-bond acceptors (Lipinski definition) is 4. The van der Waals surface area contributed by atoms with Gasteiger partial charge in [-0.15, -0.1) is 0 Å². The molecule has 1 heterocycles. The molecule has 1 fully saturated rings. The lowest BCUT2D eigenvalue weighted by Gasteiger charge is -2.25. The minimum absolute atomic E-state index is 0.0420. The molecule has 1 aromatic carbocycles. The van der Waals surface area contributed by atoms with Crippen LogP contribution in [0.1, 0.15) is 19.3 Å². The highest BCUT2D eigenvalue weighted by molar-refractivity contribution is 7.20. The summed E-state index contributed by atoms with van der Waals surface area (Å²) in [6.07, 6.45) is 0.865. The van der Waals surface area contributed by atoms with Gasteiger partial charge in [0, 0.05) is 0 Å². The molecule has 3 rings (SSSR count). The van der Waals surface area contributed by atoms with Gasteiger partial charge in [0.05, 0.1) is 16.8 Å². The Morgan fingerprint density at radius 3 is 2.76 bits per heavy atom. The van der Waals surface area contributed by atoms with Crippen LogP contribution < -0.4 is 9.47 Å². The molecule has 1 saturated carbocycles. The average molecular weight is 317 g/mol. The predicted octanol–water partition coefficient (Wildman–Crippen LogP) is 4.26. The van der Waals surface area contributed by atoms with E-state index in [2.05, 4.69) is 4.98 Å². The summed E-state index contributed by atoms with van der Waals surface area (Å²) in [5.41, 5.74) is 0.387. The second-order valence-electron chi connectivity index (χ2n) is 5.02. The number of fused-ring (bicyclic) bond motifs is 1. The maximum Gasteiger partial charge on any atom is 0.274 e. The molecule has 0 aliphatic heterocycles. The van der Waals surface area contributed by atoms with Gasteiger partial charge in [-0.1, -0.05) is 17.8 Å². The lowest BCUT2D eigenvalue weighted by molar-refractivity contribution is 0.0818. The van der Waals surface area contributed by atoms with Gasteiger partial charge in [0.1, 0.15) is 0 Å². The SMILES string of the molecule is Fc1c(OCC2CCC2)ccc2nc(OCC(F)F)sc12. The first kappa shape index (κ1) is 14.4.